The molecule has 2 saturated heterocycles. The van der Waals surface area contributed by atoms with E-state index >= 15 is 0 Å². The Kier molecular flexibility index (Phi) is 1.85. The van der Waals surface area contributed by atoms with Crippen LogP contribution in [0.1, 0.15) is 19.8 Å². The second-order valence-corrected chi connectivity index (χ2v) is 3.98. The summed E-state index contributed by atoms with van der Waals surface area (Å²) >= 11 is 0. The summed E-state index contributed by atoms with van der Waals surface area (Å²) in [6.45, 7) is 2.62. The molecule has 0 spiro atoms. The van der Waals surface area contributed by atoms with E-state index in [2.05, 4.69) is 0 Å². The van der Waals surface area contributed by atoms with Crippen LogP contribution in [0.4, 0.5) is 0 Å². The Bertz CT molecular complexity index is 230. The molecule has 4 heteroatoms. The van der Waals surface area contributed by atoms with Crippen molar-refractivity contribution in [2.45, 2.75) is 25.4 Å². The molecule has 0 aromatic heterocycles. The lowest BCUT2D eigenvalue weighted by atomic mass is 9.63. The SMILES string of the molecule is CCOC(=O)C12COC(CO)(C1)C2. The molecule has 0 aromatic rings. The van der Waals surface area contributed by atoms with Crippen molar-refractivity contribution in [3.8, 4) is 0 Å². The predicted molar refractivity (Wildman–Crippen MR) is 44.1 cm³/mol. The largest absolute Gasteiger partial charge is 0.465 e. The monoisotopic (exact) mass is 186 g/mol. The summed E-state index contributed by atoms with van der Waals surface area (Å²) in [5, 5.41) is 9.01. The predicted octanol–water partition coefficient (Wildman–Crippen LogP) is 0.0910. The van der Waals surface area contributed by atoms with E-state index in [1.807, 2.05) is 0 Å². The molecule has 2 bridgehead atoms. The van der Waals surface area contributed by atoms with Gasteiger partial charge in [-0.15, -0.1) is 0 Å². The third-order valence-corrected chi connectivity index (χ3v) is 2.97. The van der Waals surface area contributed by atoms with Gasteiger partial charge in [-0.25, -0.2) is 0 Å². The molecular formula is C9H14O4. The smallest absolute Gasteiger partial charge is 0.314 e. The number of hydrogen-bond acceptors (Lipinski definition) is 4. The van der Waals surface area contributed by atoms with Gasteiger partial charge in [0.05, 0.1) is 30.8 Å². The number of carbonyl (C=O) groups excluding carboxylic acids is 1. The average molecular weight is 186 g/mol. The first-order valence-corrected chi connectivity index (χ1v) is 4.58. The summed E-state index contributed by atoms with van der Waals surface area (Å²) in [6, 6.07) is 0. The molecular weight excluding hydrogens is 172 g/mol. The Morgan fingerprint density at radius 3 is 2.77 bits per heavy atom. The molecule has 3 aliphatic rings. The highest BCUT2D eigenvalue weighted by Gasteiger charge is 2.66. The number of esters is 1. The van der Waals surface area contributed by atoms with Crippen LogP contribution < -0.4 is 0 Å². The van der Waals surface area contributed by atoms with Crippen molar-refractivity contribution in [3.05, 3.63) is 0 Å². The average Bonchev–Trinajstić information content (AvgIpc) is 2.59. The zero-order valence-corrected chi connectivity index (χ0v) is 7.71. The minimum absolute atomic E-state index is 0.00809. The molecule has 0 atom stereocenters. The third kappa shape index (κ3) is 1.09. The van der Waals surface area contributed by atoms with Crippen molar-refractivity contribution in [3.63, 3.8) is 0 Å². The summed E-state index contributed by atoms with van der Waals surface area (Å²) in [6.07, 6.45) is 1.24. The zero-order chi connectivity index (χ0) is 9.53. The summed E-state index contributed by atoms with van der Waals surface area (Å²) in [7, 11) is 0. The molecule has 1 saturated carbocycles. The molecule has 3 rings (SSSR count). The van der Waals surface area contributed by atoms with E-state index in [1.165, 1.54) is 0 Å². The Morgan fingerprint density at radius 1 is 1.62 bits per heavy atom. The lowest BCUT2D eigenvalue weighted by Gasteiger charge is -2.41. The summed E-state index contributed by atoms with van der Waals surface area (Å²) in [4.78, 5) is 11.5. The van der Waals surface area contributed by atoms with E-state index in [1.54, 1.807) is 6.92 Å². The molecule has 74 valence electrons. The van der Waals surface area contributed by atoms with E-state index in [0.29, 0.717) is 26.1 Å². The third-order valence-electron chi connectivity index (χ3n) is 2.97. The fourth-order valence-corrected chi connectivity index (χ4v) is 2.32. The molecule has 0 amide bonds. The second kappa shape index (κ2) is 2.69. The molecule has 13 heavy (non-hydrogen) atoms. The van der Waals surface area contributed by atoms with Crippen LogP contribution >= 0.6 is 0 Å². The maximum absolute atomic E-state index is 11.5. The number of rotatable bonds is 3. The van der Waals surface area contributed by atoms with Gasteiger partial charge in [-0.3, -0.25) is 4.79 Å². The van der Waals surface area contributed by atoms with Crippen molar-refractivity contribution >= 4 is 5.97 Å². The maximum Gasteiger partial charge on any atom is 0.314 e. The van der Waals surface area contributed by atoms with Gasteiger partial charge in [0.2, 0.25) is 0 Å². The van der Waals surface area contributed by atoms with Gasteiger partial charge in [-0.2, -0.15) is 0 Å². The van der Waals surface area contributed by atoms with Gasteiger partial charge in [0, 0.05) is 0 Å². The van der Waals surface area contributed by atoms with Gasteiger partial charge in [0.1, 0.15) is 0 Å². The van der Waals surface area contributed by atoms with Gasteiger partial charge in [0.15, 0.2) is 0 Å². The first-order chi connectivity index (χ1) is 6.16. The van der Waals surface area contributed by atoms with Crippen LogP contribution in [0.25, 0.3) is 0 Å². The van der Waals surface area contributed by atoms with Crippen LogP contribution in [0.3, 0.4) is 0 Å². The van der Waals surface area contributed by atoms with Crippen molar-refractivity contribution in [2.24, 2.45) is 5.41 Å². The van der Waals surface area contributed by atoms with Crippen molar-refractivity contribution in [1.82, 2.24) is 0 Å². The lowest BCUT2D eigenvalue weighted by Crippen LogP contribution is -2.51. The van der Waals surface area contributed by atoms with Crippen LogP contribution in [-0.2, 0) is 14.3 Å². The number of hydrogen-bond donors (Lipinski definition) is 1. The van der Waals surface area contributed by atoms with E-state index in [9.17, 15) is 4.79 Å². The van der Waals surface area contributed by atoms with E-state index in [4.69, 9.17) is 14.6 Å². The Labute approximate surface area is 76.8 Å². The lowest BCUT2D eigenvalue weighted by molar-refractivity contribution is -0.161. The highest BCUT2D eigenvalue weighted by atomic mass is 16.6. The van der Waals surface area contributed by atoms with Crippen LogP contribution in [0.15, 0.2) is 0 Å². The minimum atomic E-state index is -0.432. The molecule has 0 aromatic carbocycles. The molecule has 0 unspecified atom stereocenters. The van der Waals surface area contributed by atoms with Crippen LogP contribution in [0, 0.1) is 5.41 Å². The normalized spacial score (nSPS) is 41.4. The number of aliphatic hydroxyl groups is 1. The van der Waals surface area contributed by atoms with Crippen molar-refractivity contribution in [1.29, 1.82) is 0 Å². The zero-order valence-electron chi connectivity index (χ0n) is 7.71. The van der Waals surface area contributed by atoms with Crippen molar-refractivity contribution < 1.29 is 19.4 Å². The van der Waals surface area contributed by atoms with Crippen LogP contribution in [0.5, 0.6) is 0 Å². The van der Waals surface area contributed by atoms with Gasteiger partial charge in [0.25, 0.3) is 0 Å². The molecule has 4 nitrogen and oxygen atoms in total. The van der Waals surface area contributed by atoms with Crippen molar-refractivity contribution in [2.75, 3.05) is 19.8 Å². The molecule has 3 fully saturated rings. The standard InChI is InChI=1S/C9H14O4/c1-2-12-7(11)8-3-9(4-8,5-10)13-6-8/h10H,2-6H2,1H3. The van der Waals surface area contributed by atoms with Crippen LogP contribution in [0.2, 0.25) is 0 Å². The Hall–Kier alpha value is -0.610. The summed E-state index contributed by atoms with van der Waals surface area (Å²) in [5.74, 6) is -0.170. The van der Waals surface area contributed by atoms with Gasteiger partial charge < -0.3 is 14.6 Å². The fraction of sp³-hybridized carbons (Fsp3) is 0.889. The van der Waals surface area contributed by atoms with Gasteiger partial charge in [-0.05, 0) is 19.8 Å². The van der Waals surface area contributed by atoms with E-state index in [0.717, 1.165) is 0 Å². The number of ether oxygens (including phenoxy) is 2. The Balaban J connectivity index is 2.01. The quantitative estimate of drug-likeness (QED) is 0.635. The highest BCUT2D eigenvalue weighted by molar-refractivity contribution is 5.79. The number of carbonyl (C=O) groups is 1. The molecule has 0 radical (unpaired) electrons. The summed E-state index contributed by atoms with van der Waals surface area (Å²) < 4.78 is 10.3. The number of aliphatic hydroxyl groups excluding tert-OH is 1. The topological polar surface area (TPSA) is 55.8 Å². The van der Waals surface area contributed by atoms with Crippen LogP contribution in [-0.4, -0.2) is 36.5 Å². The first-order valence-electron chi connectivity index (χ1n) is 4.58. The Morgan fingerprint density at radius 2 is 2.31 bits per heavy atom. The van der Waals surface area contributed by atoms with E-state index in [-0.39, 0.29) is 12.6 Å². The molecule has 1 N–H and O–H groups in total. The minimum Gasteiger partial charge on any atom is -0.465 e. The molecule has 2 aliphatic heterocycles. The first kappa shape index (κ1) is 8.97. The highest BCUT2D eigenvalue weighted by Crippen LogP contribution is 2.58. The summed E-state index contributed by atoms with van der Waals surface area (Å²) in [5.41, 5.74) is -0.856. The molecule has 2 heterocycles. The van der Waals surface area contributed by atoms with E-state index < -0.39 is 11.0 Å². The van der Waals surface area contributed by atoms with Gasteiger partial charge >= 0.3 is 5.97 Å². The van der Waals surface area contributed by atoms with Gasteiger partial charge in [-0.1, -0.05) is 0 Å². The second-order valence-electron chi connectivity index (χ2n) is 3.98. The fourth-order valence-electron chi connectivity index (χ4n) is 2.32. The maximum atomic E-state index is 11.5. The molecule has 1 aliphatic carbocycles. The number of fused-ring (bicyclic) bond motifs is 1.